The Labute approximate surface area is 131 Å². The topological polar surface area (TPSA) is 136 Å². The number of nitrogens with one attached hydrogen (secondary N) is 1. The van der Waals surface area contributed by atoms with Crippen LogP contribution in [0, 0.1) is 10.1 Å². The van der Waals surface area contributed by atoms with Crippen LogP contribution in [-0.2, 0) is 25.5 Å². The minimum absolute atomic E-state index is 0.108. The molecule has 0 bridgehead atoms. The van der Waals surface area contributed by atoms with E-state index >= 15 is 0 Å². The summed E-state index contributed by atoms with van der Waals surface area (Å²) in [5.74, 6) is -2.46. The van der Waals surface area contributed by atoms with Gasteiger partial charge in [0, 0.05) is 18.6 Å². The number of nitro benzene ring substituents is 1. The molecule has 2 N–H and O–H groups in total. The molecule has 124 valence electrons. The van der Waals surface area contributed by atoms with E-state index in [4.69, 9.17) is 5.11 Å². The number of nitrogens with zero attached hydrogens (tertiary/aromatic N) is 1. The molecule has 1 amide bonds. The molecule has 9 heteroatoms. The Morgan fingerprint density at radius 1 is 1.39 bits per heavy atom. The van der Waals surface area contributed by atoms with Gasteiger partial charge in [-0.25, -0.2) is 4.79 Å². The highest BCUT2D eigenvalue weighted by atomic mass is 16.6. The molecule has 0 spiro atoms. The minimum atomic E-state index is -1.28. The molecule has 0 aromatic heterocycles. The summed E-state index contributed by atoms with van der Waals surface area (Å²) in [5, 5.41) is 22.0. The first kappa shape index (κ1) is 18.1. The molecule has 0 fully saturated rings. The van der Waals surface area contributed by atoms with Crippen molar-refractivity contribution in [3.63, 3.8) is 0 Å². The van der Waals surface area contributed by atoms with Crippen LogP contribution >= 0.6 is 0 Å². The summed E-state index contributed by atoms with van der Waals surface area (Å²) in [4.78, 5) is 44.0. The van der Waals surface area contributed by atoms with Crippen molar-refractivity contribution in [3.8, 4) is 0 Å². The fourth-order valence-corrected chi connectivity index (χ4v) is 1.83. The van der Waals surface area contributed by atoms with E-state index in [1.165, 1.54) is 31.4 Å². The van der Waals surface area contributed by atoms with E-state index in [9.17, 15) is 24.5 Å². The molecular formula is C14H16N2O7. The third kappa shape index (κ3) is 6.12. The molecule has 0 radical (unpaired) electrons. The Bertz CT molecular complexity index is 615. The zero-order valence-corrected chi connectivity index (χ0v) is 12.4. The van der Waals surface area contributed by atoms with Crippen molar-refractivity contribution >= 4 is 23.5 Å². The SMILES string of the molecule is COC(=O)CC[C@@H](NC(=O)Cc1cccc([N+](=O)[O-])c1)C(=O)O. The summed E-state index contributed by atoms with van der Waals surface area (Å²) in [7, 11) is 1.18. The Morgan fingerprint density at radius 2 is 2.09 bits per heavy atom. The maximum absolute atomic E-state index is 11.9. The smallest absolute Gasteiger partial charge is 0.326 e. The van der Waals surface area contributed by atoms with E-state index < -0.39 is 28.8 Å². The number of carbonyl (C=O) groups excluding carboxylic acids is 2. The number of ether oxygens (including phenoxy) is 1. The summed E-state index contributed by atoms with van der Waals surface area (Å²) in [5.41, 5.74) is 0.226. The van der Waals surface area contributed by atoms with Crippen LogP contribution in [0.5, 0.6) is 0 Å². The molecule has 1 rings (SSSR count). The molecule has 0 aliphatic heterocycles. The monoisotopic (exact) mass is 324 g/mol. The van der Waals surface area contributed by atoms with Crippen molar-refractivity contribution in [2.45, 2.75) is 25.3 Å². The number of carbonyl (C=O) groups is 3. The Balaban J connectivity index is 2.65. The first-order chi connectivity index (χ1) is 10.8. The predicted octanol–water partition coefficient (Wildman–Crippen LogP) is 0.660. The van der Waals surface area contributed by atoms with Gasteiger partial charge in [-0.05, 0) is 12.0 Å². The molecule has 1 atom stereocenters. The summed E-state index contributed by atoms with van der Waals surface area (Å²) < 4.78 is 4.41. The number of carboxylic acids is 1. The summed E-state index contributed by atoms with van der Waals surface area (Å²) in [6.45, 7) is 0. The number of esters is 1. The highest BCUT2D eigenvalue weighted by molar-refractivity contribution is 5.85. The number of hydrogen-bond donors (Lipinski definition) is 2. The van der Waals surface area contributed by atoms with Gasteiger partial charge in [-0.1, -0.05) is 12.1 Å². The second kappa shape index (κ2) is 8.47. The highest BCUT2D eigenvalue weighted by Gasteiger charge is 2.21. The van der Waals surface area contributed by atoms with Gasteiger partial charge in [0.15, 0.2) is 0 Å². The average Bonchev–Trinajstić information content (AvgIpc) is 2.50. The number of hydrogen-bond acceptors (Lipinski definition) is 6. The van der Waals surface area contributed by atoms with Gasteiger partial charge in [-0.2, -0.15) is 0 Å². The normalized spacial score (nSPS) is 11.3. The van der Waals surface area contributed by atoms with Crippen LogP contribution < -0.4 is 5.32 Å². The number of amides is 1. The van der Waals surface area contributed by atoms with Gasteiger partial charge in [0.2, 0.25) is 5.91 Å². The molecule has 0 aliphatic rings. The van der Waals surface area contributed by atoms with Gasteiger partial charge < -0.3 is 15.2 Å². The zero-order chi connectivity index (χ0) is 17.4. The molecule has 0 saturated carbocycles. The second-order valence-electron chi connectivity index (χ2n) is 4.68. The highest BCUT2D eigenvalue weighted by Crippen LogP contribution is 2.13. The number of non-ortho nitro benzene ring substituents is 1. The quantitative estimate of drug-likeness (QED) is 0.407. The Morgan fingerprint density at radius 3 is 2.65 bits per heavy atom. The van der Waals surface area contributed by atoms with Gasteiger partial charge in [0.05, 0.1) is 18.5 Å². The van der Waals surface area contributed by atoms with Gasteiger partial charge >= 0.3 is 11.9 Å². The van der Waals surface area contributed by atoms with Gasteiger partial charge in [0.1, 0.15) is 6.04 Å². The van der Waals surface area contributed by atoms with Crippen molar-refractivity contribution in [3.05, 3.63) is 39.9 Å². The van der Waals surface area contributed by atoms with Crippen molar-refractivity contribution in [2.24, 2.45) is 0 Å². The summed E-state index contributed by atoms with van der Waals surface area (Å²) in [6, 6.07) is 4.26. The molecule has 1 aromatic carbocycles. The largest absolute Gasteiger partial charge is 0.480 e. The molecule has 0 heterocycles. The lowest BCUT2D eigenvalue weighted by atomic mass is 10.1. The molecule has 0 unspecified atom stereocenters. The lowest BCUT2D eigenvalue weighted by Crippen LogP contribution is -2.41. The van der Waals surface area contributed by atoms with Gasteiger partial charge in [0.25, 0.3) is 5.69 Å². The van der Waals surface area contributed by atoms with Crippen LogP contribution in [0.25, 0.3) is 0 Å². The predicted molar refractivity (Wildman–Crippen MR) is 77.6 cm³/mol. The summed E-state index contributed by atoms with van der Waals surface area (Å²) in [6.07, 6.45) is -0.461. The summed E-state index contributed by atoms with van der Waals surface area (Å²) >= 11 is 0. The van der Waals surface area contributed by atoms with Crippen LogP contribution in [0.2, 0.25) is 0 Å². The lowest BCUT2D eigenvalue weighted by molar-refractivity contribution is -0.384. The number of nitro groups is 1. The number of carboxylic acid groups (broad SMARTS) is 1. The van der Waals surface area contributed by atoms with Crippen LogP contribution in [0.4, 0.5) is 5.69 Å². The van der Waals surface area contributed by atoms with E-state index in [0.29, 0.717) is 5.56 Å². The number of benzene rings is 1. The molecule has 1 aromatic rings. The van der Waals surface area contributed by atoms with E-state index in [-0.39, 0.29) is 24.9 Å². The van der Waals surface area contributed by atoms with Gasteiger partial charge in [-0.15, -0.1) is 0 Å². The van der Waals surface area contributed by atoms with E-state index in [1.54, 1.807) is 0 Å². The van der Waals surface area contributed by atoms with E-state index in [2.05, 4.69) is 10.1 Å². The van der Waals surface area contributed by atoms with Gasteiger partial charge in [-0.3, -0.25) is 19.7 Å². The minimum Gasteiger partial charge on any atom is -0.480 e. The maximum Gasteiger partial charge on any atom is 0.326 e. The van der Waals surface area contributed by atoms with Crippen LogP contribution in [0.15, 0.2) is 24.3 Å². The first-order valence-corrected chi connectivity index (χ1v) is 6.65. The Kier molecular flexibility index (Phi) is 6.66. The standard InChI is InChI=1S/C14H16N2O7/c1-23-13(18)6-5-11(14(19)20)15-12(17)8-9-3-2-4-10(7-9)16(21)22/h2-4,7,11H,5-6,8H2,1H3,(H,15,17)(H,19,20)/t11-/m1/s1. The third-order valence-corrected chi connectivity index (χ3v) is 2.98. The maximum atomic E-state index is 11.9. The van der Waals surface area contributed by atoms with Crippen LogP contribution in [0.1, 0.15) is 18.4 Å². The molecule has 0 saturated heterocycles. The fourth-order valence-electron chi connectivity index (χ4n) is 1.83. The van der Waals surface area contributed by atoms with Crippen molar-refractivity contribution in [2.75, 3.05) is 7.11 Å². The average molecular weight is 324 g/mol. The zero-order valence-electron chi connectivity index (χ0n) is 12.4. The number of aliphatic carboxylic acids is 1. The Hall–Kier alpha value is -2.97. The van der Waals surface area contributed by atoms with Crippen molar-refractivity contribution in [1.82, 2.24) is 5.32 Å². The van der Waals surface area contributed by atoms with E-state index in [0.717, 1.165) is 0 Å². The van der Waals surface area contributed by atoms with Crippen molar-refractivity contribution in [1.29, 1.82) is 0 Å². The van der Waals surface area contributed by atoms with E-state index in [1.807, 2.05) is 0 Å². The number of methoxy groups -OCH3 is 1. The molecular weight excluding hydrogens is 308 g/mol. The molecule has 23 heavy (non-hydrogen) atoms. The fraction of sp³-hybridized carbons (Fsp3) is 0.357. The molecule has 9 nitrogen and oxygen atoms in total. The number of rotatable bonds is 8. The van der Waals surface area contributed by atoms with Crippen LogP contribution in [0.3, 0.4) is 0 Å². The second-order valence-corrected chi connectivity index (χ2v) is 4.68. The third-order valence-electron chi connectivity index (χ3n) is 2.98. The lowest BCUT2D eigenvalue weighted by Gasteiger charge is -2.13. The van der Waals surface area contributed by atoms with Crippen LogP contribution in [-0.4, -0.2) is 41.0 Å². The first-order valence-electron chi connectivity index (χ1n) is 6.65. The molecule has 0 aliphatic carbocycles. The van der Waals surface area contributed by atoms with Crippen molar-refractivity contribution < 1.29 is 29.2 Å².